The van der Waals surface area contributed by atoms with Crippen molar-refractivity contribution in [1.82, 2.24) is 5.32 Å². The normalized spacial score (nSPS) is 14.3. The number of ether oxygens (including phenoxy) is 1. The van der Waals surface area contributed by atoms with Crippen LogP contribution in [-0.4, -0.2) is 47.3 Å². The number of aliphatic hydroxyl groups excluding tert-OH is 3. The van der Waals surface area contributed by atoms with E-state index in [0.29, 0.717) is 13.2 Å². The van der Waals surface area contributed by atoms with Crippen molar-refractivity contribution in [2.24, 2.45) is 0 Å². The van der Waals surface area contributed by atoms with Gasteiger partial charge in [-0.2, -0.15) is 0 Å². The second-order valence-corrected chi connectivity index (χ2v) is 5.68. The summed E-state index contributed by atoms with van der Waals surface area (Å²) in [6.07, 6.45) is 0.882. The molecule has 1 heterocycles. The number of fused-ring (bicyclic) bond motifs is 1. The van der Waals surface area contributed by atoms with Crippen LogP contribution in [-0.2, 0) is 13.0 Å². The fraction of sp³-hybridized carbons (Fsp3) is 0.538. The Morgan fingerprint density at radius 1 is 1.21 bits per heavy atom. The third-order valence-corrected chi connectivity index (χ3v) is 3.85. The van der Waals surface area contributed by atoms with Crippen molar-refractivity contribution < 1.29 is 20.1 Å². The van der Waals surface area contributed by atoms with Crippen LogP contribution in [0.3, 0.4) is 0 Å². The number of hydrogen-bond acceptors (Lipinski definition) is 5. The summed E-state index contributed by atoms with van der Waals surface area (Å²) in [6.45, 7) is 0.0680. The molecule has 0 bridgehead atoms. The molecule has 1 aromatic carbocycles. The molecule has 0 fully saturated rings. The monoisotopic (exact) mass is 331 g/mol. The third kappa shape index (κ3) is 3.09. The Balaban J connectivity index is 2.16. The first-order valence-electron chi connectivity index (χ1n) is 6.16. The van der Waals surface area contributed by atoms with Crippen LogP contribution in [0, 0.1) is 0 Å². The number of benzene rings is 1. The zero-order valence-electron chi connectivity index (χ0n) is 10.5. The summed E-state index contributed by atoms with van der Waals surface area (Å²) in [5.41, 5.74) is 1.02. The van der Waals surface area contributed by atoms with Crippen molar-refractivity contribution in [2.75, 3.05) is 26.4 Å². The van der Waals surface area contributed by atoms with Gasteiger partial charge in [-0.25, -0.2) is 0 Å². The molecule has 1 aliphatic heterocycles. The maximum Gasteiger partial charge on any atom is 0.127 e. The summed E-state index contributed by atoms with van der Waals surface area (Å²) in [6, 6.07) is 3.97. The zero-order valence-corrected chi connectivity index (χ0v) is 12.1. The molecular formula is C13H18BrNO4. The molecule has 1 aromatic rings. The highest BCUT2D eigenvalue weighted by molar-refractivity contribution is 9.10. The van der Waals surface area contributed by atoms with Crippen LogP contribution in [0.5, 0.6) is 5.75 Å². The fourth-order valence-electron chi connectivity index (χ4n) is 2.08. The van der Waals surface area contributed by atoms with Crippen molar-refractivity contribution in [1.29, 1.82) is 0 Å². The van der Waals surface area contributed by atoms with Crippen molar-refractivity contribution >= 4 is 15.9 Å². The van der Waals surface area contributed by atoms with E-state index >= 15 is 0 Å². The van der Waals surface area contributed by atoms with E-state index in [9.17, 15) is 15.3 Å². The van der Waals surface area contributed by atoms with Gasteiger partial charge in [0, 0.05) is 23.0 Å². The van der Waals surface area contributed by atoms with E-state index in [1.54, 1.807) is 0 Å². The first-order valence-corrected chi connectivity index (χ1v) is 6.95. The molecule has 0 saturated heterocycles. The maximum absolute atomic E-state index is 9.28. The van der Waals surface area contributed by atoms with Crippen molar-refractivity contribution in [3.63, 3.8) is 0 Å². The standard InChI is InChI=1S/C13H18BrNO4/c14-11-3-9-1-2-19-12(9)10(4-11)5-15-13(6-16,7-17)8-18/h3-4,15-18H,1-2,5-8H2. The lowest BCUT2D eigenvalue weighted by Gasteiger charge is -2.29. The third-order valence-electron chi connectivity index (χ3n) is 3.39. The second kappa shape index (κ2) is 6.19. The molecule has 0 aromatic heterocycles. The molecule has 106 valence electrons. The van der Waals surface area contributed by atoms with Gasteiger partial charge < -0.3 is 25.4 Å². The van der Waals surface area contributed by atoms with Gasteiger partial charge in [0.15, 0.2) is 0 Å². The van der Waals surface area contributed by atoms with E-state index in [1.165, 1.54) is 0 Å². The SMILES string of the molecule is OCC(CO)(CO)NCc1cc(Br)cc2c1OCC2. The summed E-state index contributed by atoms with van der Waals surface area (Å²) in [5.74, 6) is 0.860. The molecule has 2 rings (SSSR count). The van der Waals surface area contributed by atoms with E-state index < -0.39 is 5.54 Å². The van der Waals surface area contributed by atoms with E-state index in [4.69, 9.17) is 4.74 Å². The average Bonchev–Trinajstić information content (AvgIpc) is 2.88. The Labute approximate surface area is 120 Å². The molecule has 0 unspecified atom stereocenters. The molecule has 5 nitrogen and oxygen atoms in total. The lowest BCUT2D eigenvalue weighted by atomic mass is 10.0. The van der Waals surface area contributed by atoms with Gasteiger partial charge in [0.2, 0.25) is 0 Å². The Morgan fingerprint density at radius 3 is 2.53 bits per heavy atom. The number of nitrogens with one attached hydrogen (secondary N) is 1. The molecule has 0 radical (unpaired) electrons. The fourth-order valence-corrected chi connectivity index (χ4v) is 2.63. The Morgan fingerprint density at radius 2 is 1.89 bits per heavy atom. The molecule has 0 amide bonds. The minimum atomic E-state index is -1.08. The van der Waals surface area contributed by atoms with Crippen LogP contribution < -0.4 is 10.1 Å². The molecule has 4 N–H and O–H groups in total. The van der Waals surface area contributed by atoms with Crippen LogP contribution in [0.2, 0.25) is 0 Å². The van der Waals surface area contributed by atoms with Crippen LogP contribution in [0.15, 0.2) is 16.6 Å². The Bertz CT molecular complexity index is 440. The predicted octanol–water partition coefficient (Wildman–Crippen LogP) is 0.189. The lowest BCUT2D eigenvalue weighted by Crippen LogP contribution is -2.54. The van der Waals surface area contributed by atoms with E-state index in [1.807, 2.05) is 12.1 Å². The van der Waals surface area contributed by atoms with Crippen LogP contribution >= 0.6 is 15.9 Å². The number of hydrogen-bond donors (Lipinski definition) is 4. The van der Waals surface area contributed by atoms with Crippen molar-refractivity contribution in [3.8, 4) is 5.75 Å². The van der Waals surface area contributed by atoms with Gasteiger partial charge in [0.05, 0.1) is 32.0 Å². The average molecular weight is 332 g/mol. The van der Waals surface area contributed by atoms with Crippen molar-refractivity contribution in [3.05, 3.63) is 27.7 Å². The highest BCUT2D eigenvalue weighted by Crippen LogP contribution is 2.33. The summed E-state index contributed by atoms with van der Waals surface area (Å²) in [7, 11) is 0. The maximum atomic E-state index is 9.28. The Hall–Kier alpha value is -0.660. The quantitative estimate of drug-likeness (QED) is 0.598. The van der Waals surface area contributed by atoms with Gasteiger partial charge in [-0.15, -0.1) is 0 Å². The molecule has 0 atom stereocenters. The van der Waals surface area contributed by atoms with Gasteiger partial charge in [-0.3, -0.25) is 0 Å². The first kappa shape index (κ1) is 14.7. The summed E-state index contributed by atoms with van der Waals surface area (Å²) >= 11 is 3.46. The number of halogens is 1. The van der Waals surface area contributed by atoms with E-state index in [0.717, 1.165) is 27.8 Å². The Kier molecular flexibility index (Phi) is 4.81. The van der Waals surface area contributed by atoms with E-state index in [-0.39, 0.29) is 19.8 Å². The minimum Gasteiger partial charge on any atom is -0.493 e. The van der Waals surface area contributed by atoms with Gasteiger partial charge in [-0.05, 0) is 17.7 Å². The molecule has 19 heavy (non-hydrogen) atoms. The predicted molar refractivity (Wildman–Crippen MR) is 74.2 cm³/mol. The van der Waals surface area contributed by atoms with Crippen LogP contribution in [0.25, 0.3) is 0 Å². The summed E-state index contributed by atoms with van der Waals surface area (Å²) in [4.78, 5) is 0. The van der Waals surface area contributed by atoms with Crippen LogP contribution in [0.1, 0.15) is 11.1 Å². The first-order chi connectivity index (χ1) is 9.14. The number of rotatable bonds is 6. The lowest BCUT2D eigenvalue weighted by molar-refractivity contribution is 0.0412. The molecule has 6 heteroatoms. The summed E-state index contributed by atoms with van der Waals surface area (Å²) in [5, 5.41) is 30.8. The topological polar surface area (TPSA) is 82.0 Å². The highest BCUT2D eigenvalue weighted by atomic mass is 79.9. The highest BCUT2D eigenvalue weighted by Gasteiger charge is 2.28. The van der Waals surface area contributed by atoms with Gasteiger partial charge >= 0.3 is 0 Å². The largest absolute Gasteiger partial charge is 0.493 e. The molecule has 0 saturated carbocycles. The smallest absolute Gasteiger partial charge is 0.127 e. The summed E-state index contributed by atoms with van der Waals surface area (Å²) < 4.78 is 6.57. The molecule has 0 spiro atoms. The van der Waals surface area contributed by atoms with Gasteiger partial charge in [-0.1, -0.05) is 15.9 Å². The minimum absolute atomic E-state index is 0.336. The van der Waals surface area contributed by atoms with Crippen molar-refractivity contribution in [2.45, 2.75) is 18.5 Å². The van der Waals surface area contributed by atoms with E-state index in [2.05, 4.69) is 21.2 Å². The second-order valence-electron chi connectivity index (χ2n) is 4.76. The van der Waals surface area contributed by atoms with Crippen LogP contribution in [0.4, 0.5) is 0 Å². The molecular weight excluding hydrogens is 314 g/mol. The molecule has 1 aliphatic rings. The van der Waals surface area contributed by atoms with Gasteiger partial charge in [0.1, 0.15) is 5.75 Å². The number of aliphatic hydroxyl groups is 3. The zero-order chi connectivity index (χ0) is 13.9. The van der Waals surface area contributed by atoms with Gasteiger partial charge in [0.25, 0.3) is 0 Å². The molecule has 0 aliphatic carbocycles.